The van der Waals surface area contributed by atoms with Crippen LogP contribution in [0.2, 0.25) is 0 Å². The average molecular weight is 322 g/mol. The van der Waals surface area contributed by atoms with Crippen molar-refractivity contribution in [2.24, 2.45) is 5.92 Å². The average Bonchev–Trinajstić information content (AvgIpc) is 2.91. The maximum atomic E-state index is 12.6. The van der Waals surface area contributed by atoms with E-state index in [-0.39, 0.29) is 5.92 Å². The third-order valence-corrected chi connectivity index (χ3v) is 5.61. The number of hydrogen-bond acceptors (Lipinski definition) is 3. The summed E-state index contributed by atoms with van der Waals surface area (Å²) >= 11 is 0. The summed E-state index contributed by atoms with van der Waals surface area (Å²) in [5.41, 5.74) is -1.00. The molecule has 0 radical (unpaired) electrons. The molecule has 1 aromatic rings. The molecule has 1 saturated carbocycles. The lowest BCUT2D eigenvalue weighted by molar-refractivity contribution is -0.137. The zero-order valence-electron chi connectivity index (χ0n) is 11.3. The quantitative estimate of drug-likeness (QED) is 0.927. The highest BCUT2D eigenvalue weighted by Crippen LogP contribution is 2.32. The van der Waals surface area contributed by atoms with Crippen LogP contribution in [0.15, 0.2) is 29.2 Å². The molecule has 21 heavy (non-hydrogen) atoms. The molecule has 0 bridgehead atoms. The van der Waals surface area contributed by atoms with Gasteiger partial charge in [0.2, 0.25) is 0 Å². The second-order valence-corrected chi connectivity index (χ2v) is 7.45. The van der Waals surface area contributed by atoms with Crippen molar-refractivity contribution >= 4 is 9.84 Å². The van der Waals surface area contributed by atoms with Gasteiger partial charge in [0.25, 0.3) is 0 Å². The van der Waals surface area contributed by atoms with E-state index >= 15 is 0 Å². The molecule has 1 aromatic carbocycles. The Hall–Kier alpha value is -1.08. The summed E-state index contributed by atoms with van der Waals surface area (Å²) in [6, 6.07) is 3.65. The molecule has 1 atom stereocenters. The summed E-state index contributed by atoms with van der Waals surface area (Å²) in [4.78, 5) is -0.394. The number of benzene rings is 1. The van der Waals surface area contributed by atoms with Crippen molar-refractivity contribution in [2.45, 2.75) is 42.9 Å². The fourth-order valence-electron chi connectivity index (χ4n) is 2.67. The summed E-state index contributed by atoms with van der Waals surface area (Å²) in [7, 11) is -3.93. The van der Waals surface area contributed by atoms with Gasteiger partial charge in [-0.25, -0.2) is 8.42 Å². The topological polar surface area (TPSA) is 54.4 Å². The number of sulfone groups is 1. The van der Waals surface area contributed by atoms with E-state index in [2.05, 4.69) is 0 Å². The number of halogens is 3. The monoisotopic (exact) mass is 322 g/mol. The van der Waals surface area contributed by atoms with Crippen molar-refractivity contribution < 1.29 is 26.7 Å². The minimum Gasteiger partial charge on any atom is -0.392 e. The Bertz CT molecular complexity index is 590. The fourth-order valence-corrected chi connectivity index (χ4v) is 4.17. The molecule has 0 heterocycles. The molecule has 2 rings (SSSR count). The lowest BCUT2D eigenvalue weighted by Crippen LogP contribution is -2.27. The SMILES string of the molecule is O=S(=O)(CC(O)C1CCCC1)c1cccc(C(F)(F)F)c1. The third kappa shape index (κ3) is 3.97. The largest absolute Gasteiger partial charge is 0.416 e. The van der Waals surface area contributed by atoms with Gasteiger partial charge in [0, 0.05) is 0 Å². The molecule has 3 nitrogen and oxygen atoms in total. The molecule has 1 aliphatic carbocycles. The summed E-state index contributed by atoms with van der Waals surface area (Å²) in [5.74, 6) is -0.607. The Morgan fingerprint density at radius 2 is 1.86 bits per heavy atom. The number of rotatable bonds is 4. The Kier molecular flexibility index (Phi) is 4.63. The molecule has 0 aromatic heterocycles. The van der Waals surface area contributed by atoms with Crippen LogP contribution in [0, 0.1) is 5.92 Å². The first-order valence-electron chi connectivity index (χ1n) is 6.78. The molecule has 0 spiro atoms. The van der Waals surface area contributed by atoms with Crippen LogP contribution in [0.4, 0.5) is 13.2 Å². The van der Waals surface area contributed by atoms with Gasteiger partial charge in [-0.3, -0.25) is 0 Å². The summed E-state index contributed by atoms with van der Waals surface area (Å²) < 4.78 is 62.2. The van der Waals surface area contributed by atoms with Crippen LogP contribution in [-0.4, -0.2) is 25.4 Å². The smallest absolute Gasteiger partial charge is 0.392 e. The van der Waals surface area contributed by atoms with Gasteiger partial charge >= 0.3 is 6.18 Å². The lowest BCUT2D eigenvalue weighted by Gasteiger charge is -2.18. The van der Waals surface area contributed by atoms with E-state index in [0.29, 0.717) is 6.07 Å². The second kappa shape index (κ2) is 5.96. The predicted molar refractivity (Wildman–Crippen MR) is 71.5 cm³/mol. The highest BCUT2D eigenvalue weighted by Gasteiger charge is 2.33. The van der Waals surface area contributed by atoms with Gasteiger partial charge in [-0.15, -0.1) is 0 Å². The Morgan fingerprint density at radius 3 is 2.43 bits per heavy atom. The Balaban J connectivity index is 2.19. The normalized spacial score (nSPS) is 18.9. The molecule has 118 valence electrons. The van der Waals surface area contributed by atoms with E-state index in [0.717, 1.165) is 43.9 Å². The Labute approximate surface area is 121 Å². The van der Waals surface area contributed by atoms with Gasteiger partial charge in [0.1, 0.15) is 0 Å². The Morgan fingerprint density at radius 1 is 1.24 bits per heavy atom. The van der Waals surface area contributed by atoms with Crippen molar-refractivity contribution in [3.05, 3.63) is 29.8 Å². The van der Waals surface area contributed by atoms with Crippen molar-refractivity contribution in [2.75, 3.05) is 5.75 Å². The van der Waals surface area contributed by atoms with E-state index in [1.807, 2.05) is 0 Å². The molecular formula is C14H17F3O3S. The second-order valence-electron chi connectivity index (χ2n) is 5.42. The lowest BCUT2D eigenvalue weighted by atomic mass is 10.0. The van der Waals surface area contributed by atoms with Crippen molar-refractivity contribution in [3.63, 3.8) is 0 Å². The van der Waals surface area contributed by atoms with Gasteiger partial charge in [-0.1, -0.05) is 18.9 Å². The minimum absolute atomic E-state index is 0.0782. The molecule has 1 N–H and O–H groups in total. The van der Waals surface area contributed by atoms with Crippen LogP contribution < -0.4 is 0 Å². The molecule has 1 fully saturated rings. The van der Waals surface area contributed by atoms with E-state index < -0.39 is 38.3 Å². The van der Waals surface area contributed by atoms with E-state index in [1.165, 1.54) is 0 Å². The molecular weight excluding hydrogens is 305 g/mol. The van der Waals surface area contributed by atoms with E-state index in [1.54, 1.807) is 0 Å². The van der Waals surface area contributed by atoms with Gasteiger partial charge in [-0.05, 0) is 37.0 Å². The summed E-state index contributed by atoms with van der Waals surface area (Å²) in [6.45, 7) is 0. The first kappa shape index (κ1) is 16.3. The number of alkyl halides is 3. The van der Waals surface area contributed by atoms with Gasteiger partial charge in [0.05, 0.1) is 22.3 Å². The van der Waals surface area contributed by atoms with Crippen LogP contribution in [0.5, 0.6) is 0 Å². The standard InChI is InChI=1S/C14H17F3O3S/c15-14(16,17)11-6-3-7-12(8-11)21(19,20)9-13(18)10-4-1-2-5-10/h3,6-8,10,13,18H,1-2,4-5,9H2. The zero-order valence-corrected chi connectivity index (χ0v) is 12.1. The van der Waals surface area contributed by atoms with Gasteiger partial charge in [-0.2, -0.15) is 13.2 Å². The van der Waals surface area contributed by atoms with Gasteiger partial charge in [0.15, 0.2) is 9.84 Å². The van der Waals surface area contributed by atoms with Crippen molar-refractivity contribution in [3.8, 4) is 0 Å². The summed E-state index contributed by atoms with van der Waals surface area (Å²) in [6.07, 6.45) is -2.18. The first-order valence-corrected chi connectivity index (χ1v) is 8.43. The minimum atomic E-state index is -4.59. The molecule has 7 heteroatoms. The summed E-state index contributed by atoms with van der Waals surface area (Å²) in [5, 5.41) is 9.97. The number of aliphatic hydroxyl groups is 1. The predicted octanol–water partition coefficient (Wildman–Crippen LogP) is 3.03. The molecule has 1 aliphatic rings. The molecule has 1 unspecified atom stereocenters. The molecule has 0 amide bonds. The first-order chi connectivity index (χ1) is 9.70. The zero-order chi connectivity index (χ0) is 15.7. The molecule has 0 aliphatic heterocycles. The number of aliphatic hydroxyl groups excluding tert-OH is 1. The fraction of sp³-hybridized carbons (Fsp3) is 0.571. The highest BCUT2D eigenvalue weighted by molar-refractivity contribution is 7.91. The number of hydrogen-bond donors (Lipinski definition) is 1. The van der Waals surface area contributed by atoms with Gasteiger partial charge < -0.3 is 5.11 Å². The van der Waals surface area contributed by atoms with Crippen LogP contribution in [0.3, 0.4) is 0 Å². The van der Waals surface area contributed by atoms with Crippen LogP contribution >= 0.6 is 0 Å². The highest BCUT2D eigenvalue weighted by atomic mass is 32.2. The van der Waals surface area contributed by atoms with E-state index in [4.69, 9.17) is 0 Å². The van der Waals surface area contributed by atoms with Crippen molar-refractivity contribution in [1.29, 1.82) is 0 Å². The van der Waals surface area contributed by atoms with Crippen LogP contribution in [0.1, 0.15) is 31.2 Å². The van der Waals surface area contributed by atoms with Crippen molar-refractivity contribution in [1.82, 2.24) is 0 Å². The third-order valence-electron chi connectivity index (χ3n) is 3.85. The maximum Gasteiger partial charge on any atom is 0.416 e. The van der Waals surface area contributed by atoms with Crippen LogP contribution in [-0.2, 0) is 16.0 Å². The molecule has 0 saturated heterocycles. The van der Waals surface area contributed by atoms with E-state index in [9.17, 15) is 26.7 Å². The van der Waals surface area contributed by atoms with Crippen LogP contribution in [0.25, 0.3) is 0 Å². The maximum absolute atomic E-state index is 12.6.